The van der Waals surface area contributed by atoms with E-state index >= 15 is 0 Å². The summed E-state index contributed by atoms with van der Waals surface area (Å²) in [6, 6.07) is 6.07. The summed E-state index contributed by atoms with van der Waals surface area (Å²) < 4.78 is 13.1. The number of aliphatic hydroxyl groups is 1. The molecule has 0 amide bonds. The summed E-state index contributed by atoms with van der Waals surface area (Å²) in [5.41, 5.74) is 5.82. The van der Waals surface area contributed by atoms with E-state index in [1.54, 1.807) is 25.1 Å². The van der Waals surface area contributed by atoms with Crippen molar-refractivity contribution in [2.24, 2.45) is 5.73 Å². The van der Waals surface area contributed by atoms with Gasteiger partial charge in [0, 0.05) is 11.6 Å². The van der Waals surface area contributed by atoms with Crippen LogP contribution in [0.5, 0.6) is 0 Å². The van der Waals surface area contributed by atoms with E-state index in [0.29, 0.717) is 12.0 Å². The van der Waals surface area contributed by atoms with Crippen LogP contribution in [0.4, 0.5) is 4.39 Å². The van der Waals surface area contributed by atoms with Gasteiger partial charge >= 0.3 is 0 Å². The number of hydrogen-bond acceptors (Lipinski definition) is 2. The SMILES string of the molecule is CC(N)CC(O)c1ccccc1F. The Morgan fingerprint density at radius 3 is 2.62 bits per heavy atom. The van der Waals surface area contributed by atoms with Crippen LogP contribution in [0.25, 0.3) is 0 Å². The number of nitrogens with two attached hydrogens (primary N) is 1. The van der Waals surface area contributed by atoms with Crippen molar-refractivity contribution < 1.29 is 9.50 Å². The zero-order chi connectivity index (χ0) is 9.84. The summed E-state index contributed by atoms with van der Waals surface area (Å²) in [5, 5.41) is 9.55. The van der Waals surface area contributed by atoms with Gasteiger partial charge in [-0.2, -0.15) is 0 Å². The van der Waals surface area contributed by atoms with Crippen molar-refractivity contribution in [3.63, 3.8) is 0 Å². The standard InChI is InChI=1S/C10H14FNO/c1-7(12)6-10(13)8-4-2-3-5-9(8)11/h2-5,7,10,13H,6,12H2,1H3. The average molecular weight is 183 g/mol. The molecule has 2 atom stereocenters. The Morgan fingerprint density at radius 1 is 1.46 bits per heavy atom. The molecule has 2 unspecified atom stereocenters. The highest BCUT2D eigenvalue weighted by Crippen LogP contribution is 2.20. The Labute approximate surface area is 77.2 Å². The molecule has 1 aromatic rings. The number of rotatable bonds is 3. The minimum atomic E-state index is -0.804. The fourth-order valence-electron chi connectivity index (χ4n) is 1.22. The first kappa shape index (κ1) is 10.2. The molecule has 3 heteroatoms. The van der Waals surface area contributed by atoms with Gasteiger partial charge in [-0.05, 0) is 19.4 Å². The second-order valence-corrected chi connectivity index (χ2v) is 3.25. The van der Waals surface area contributed by atoms with Crippen LogP contribution in [0.1, 0.15) is 25.0 Å². The number of aliphatic hydroxyl groups excluding tert-OH is 1. The molecular formula is C10H14FNO. The van der Waals surface area contributed by atoms with Crippen molar-refractivity contribution in [1.29, 1.82) is 0 Å². The zero-order valence-electron chi connectivity index (χ0n) is 7.57. The Morgan fingerprint density at radius 2 is 2.08 bits per heavy atom. The van der Waals surface area contributed by atoms with Gasteiger partial charge in [-0.1, -0.05) is 18.2 Å². The Kier molecular flexibility index (Phi) is 3.39. The molecule has 0 saturated heterocycles. The van der Waals surface area contributed by atoms with Gasteiger partial charge in [0.05, 0.1) is 6.10 Å². The predicted molar refractivity (Wildman–Crippen MR) is 49.6 cm³/mol. The van der Waals surface area contributed by atoms with Crippen LogP contribution < -0.4 is 5.73 Å². The molecule has 0 spiro atoms. The highest BCUT2D eigenvalue weighted by molar-refractivity contribution is 5.19. The molecule has 0 aromatic heterocycles. The van der Waals surface area contributed by atoms with Gasteiger partial charge in [0.1, 0.15) is 5.82 Å². The van der Waals surface area contributed by atoms with Gasteiger partial charge in [0.15, 0.2) is 0 Å². The van der Waals surface area contributed by atoms with Crippen molar-refractivity contribution in [3.05, 3.63) is 35.6 Å². The van der Waals surface area contributed by atoms with E-state index in [1.165, 1.54) is 6.07 Å². The van der Waals surface area contributed by atoms with Crippen LogP contribution in [0.15, 0.2) is 24.3 Å². The monoisotopic (exact) mass is 183 g/mol. The quantitative estimate of drug-likeness (QED) is 0.747. The van der Waals surface area contributed by atoms with Crippen LogP contribution >= 0.6 is 0 Å². The molecule has 1 rings (SSSR count). The fourth-order valence-corrected chi connectivity index (χ4v) is 1.22. The van der Waals surface area contributed by atoms with Gasteiger partial charge in [0.2, 0.25) is 0 Å². The van der Waals surface area contributed by atoms with E-state index in [0.717, 1.165) is 0 Å². The van der Waals surface area contributed by atoms with E-state index in [4.69, 9.17) is 5.73 Å². The highest BCUT2D eigenvalue weighted by atomic mass is 19.1. The largest absolute Gasteiger partial charge is 0.388 e. The third-order valence-corrected chi connectivity index (χ3v) is 1.86. The molecule has 0 aliphatic carbocycles. The number of benzene rings is 1. The second kappa shape index (κ2) is 4.35. The molecule has 0 heterocycles. The summed E-state index contributed by atoms with van der Waals surface area (Å²) in [5.74, 6) is -0.379. The lowest BCUT2D eigenvalue weighted by Crippen LogP contribution is -2.19. The smallest absolute Gasteiger partial charge is 0.128 e. The molecule has 0 aliphatic heterocycles. The van der Waals surface area contributed by atoms with Crippen molar-refractivity contribution in [2.75, 3.05) is 0 Å². The van der Waals surface area contributed by atoms with Gasteiger partial charge in [-0.25, -0.2) is 4.39 Å². The third-order valence-electron chi connectivity index (χ3n) is 1.86. The van der Waals surface area contributed by atoms with Gasteiger partial charge in [-0.3, -0.25) is 0 Å². The van der Waals surface area contributed by atoms with Crippen LogP contribution in [0.3, 0.4) is 0 Å². The van der Waals surface area contributed by atoms with E-state index < -0.39 is 6.10 Å². The molecule has 3 N–H and O–H groups in total. The first-order valence-corrected chi connectivity index (χ1v) is 4.29. The van der Waals surface area contributed by atoms with Crippen molar-refractivity contribution in [1.82, 2.24) is 0 Å². The zero-order valence-corrected chi connectivity index (χ0v) is 7.57. The van der Waals surface area contributed by atoms with E-state index in [-0.39, 0.29) is 11.9 Å². The maximum atomic E-state index is 13.1. The molecule has 1 aromatic carbocycles. The van der Waals surface area contributed by atoms with Crippen molar-refractivity contribution >= 4 is 0 Å². The molecule has 13 heavy (non-hydrogen) atoms. The summed E-state index contributed by atoms with van der Waals surface area (Å²) in [4.78, 5) is 0. The highest BCUT2D eigenvalue weighted by Gasteiger charge is 2.13. The lowest BCUT2D eigenvalue weighted by molar-refractivity contribution is 0.156. The van der Waals surface area contributed by atoms with Crippen LogP contribution in [0, 0.1) is 5.82 Å². The average Bonchev–Trinajstić information content (AvgIpc) is 2.03. The lowest BCUT2D eigenvalue weighted by atomic mass is 10.0. The molecule has 0 bridgehead atoms. The normalized spacial score (nSPS) is 15.4. The number of halogens is 1. The predicted octanol–water partition coefficient (Wildman–Crippen LogP) is 1.60. The van der Waals surface area contributed by atoms with Crippen LogP contribution in [-0.2, 0) is 0 Å². The molecule has 0 aliphatic rings. The lowest BCUT2D eigenvalue weighted by Gasteiger charge is -2.13. The van der Waals surface area contributed by atoms with E-state index in [9.17, 15) is 9.50 Å². The summed E-state index contributed by atoms with van der Waals surface area (Å²) in [6.07, 6.45) is -0.429. The summed E-state index contributed by atoms with van der Waals surface area (Å²) >= 11 is 0. The van der Waals surface area contributed by atoms with E-state index in [1.807, 2.05) is 0 Å². The molecule has 0 saturated carbocycles. The third kappa shape index (κ3) is 2.79. The van der Waals surface area contributed by atoms with E-state index in [2.05, 4.69) is 0 Å². The van der Waals surface area contributed by atoms with Crippen LogP contribution in [0.2, 0.25) is 0 Å². The Balaban J connectivity index is 2.76. The summed E-state index contributed by atoms with van der Waals surface area (Å²) in [6.45, 7) is 1.78. The molecular weight excluding hydrogens is 169 g/mol. The Bertz CT molecular complexity index is 275. The summed E-state index contributed by atoms with van der Waals surface area (Å²) in [7, 11) is 0. The minimum absolute atomic E-state index is 0.130. The van der Waals surface area contributed by atoms with Crippen LogP contribution in [-0.4, -0.2) is 11.1 Å². The topological polar surface area (TPSA) is 46.2 Å². The Hall–Kier alpha value is -0.930. The van der Waals surface area contributed by atoms with Gasteiger partial charge < -0.3 is 10.8 Å². The van der Waals surface area contributed by atoms with Crippen molar-refractivity contribution in [3.8, 4) is 0 Å². The van der Waals surface area contributed by atoms with Gasteiger partial charge in [-0.15, -0.1) is 0 Å². The first-order valence-electron chi connectivity index (χ1n) is 4.29. The minimum Gasteiger partial charge on any atom is -0.388 e. The fraction of sp³-hybridized carbons (Fsp3) is 0.400. The maximum Gasteiger partial charge on any atom is 0.128 e. The molecule has 2 nitrogen and oxygen atoms in total. The van der Waals surface area contributed by atoms with Gasteiger partial charge in [0.25, 0.3) is 0 Å². The second-order valence-electron chi connectivity index (χ2n) is 3.25. The molecule has 72 valence electrons. The first-order chi connectivity index (χ1) is 6.11. The van der Waals surface area contributed by atoms with Crippen molar-refractivity contribution in [2.45, 2.75) is 25.5 Å². The molecule has 0 fully saturated rings. The number of hydrogen-bond donors (Lipinski definition) is 2. The maximum absolute atomic E-state index is 13.1. The molecule has 0 radical (unpaired) electrons.